The van der Waals surface area contributed by atoms with Crippen LogP contribution in [0.25, 0.3) is 0 Å². The van der Waals surface area contributed by atoms with Crippen molar-refractivity contribution in [1.82, 2.24) is 9.80 Å². The second-order valence-electron chi connectivity index (χ2n) is 20.9. The van der Waals surface area contributed by atoms with Gasteiger partial charge in [-0.2, -0.15) is 0 Å². The molecule has 0 bridgehead atoms. The number of cyclic esters (lactones) is 1. The van der Waals surface area contributed by atoms with E-state index in [1.165, 1.54) is 0 Å². The van der Waals surface area contributed by atoms with Crippen molar-refractivity contribution >= 4 is 37.0 Å². The third-order valence-electron chi connectivity index (χ3n) is 16.8. The molecule has 0 aliphatic carbocycles. The molecule has 0 saturated carbocycles. The first kappa shape index (κ1) is 59.7. The summed E-state index contributed by atoms with van der Waals surface area (Å²) in [5.41, 5.74) is -0.504. The average molecular weight is 994 g/mol. The van der Waals surface area contributed by atoms with E-state index in [4.69, 9.17) is 32.2 Å². The molecule has 1 amide bonds. The normalized spacial score (nSPS) is 28.3. The molecular formula is C53H100N2O9Si3. The molecular weight excluding hydrogens is 893 g/mol. The zero-order valence-corrected chi connectivity index (χ0v) is 48.8. The van der Waals surface area contributed by atoms with E-state index in [1.807, 2.05) is 26.0 Å². The molecule has 11 nitrogen and oxygen atoms in total. The summed E-state index contributed by atoms with van der Waals surface area (Å²) < 4.78 is 47.2. The fraction of sp³-hybridized carbons (Fsp3) is 0.849. The van der Waals surface area contributed by atoms with Gasteiger partial charge in [0.1, 0.15) is 11.7 Å². The number of ether oxygens (including phenoxy) is 4. The van der Waals surface area contributed by atoms with E-state index in [0.717, 1.165) is 85.9 Å². The van der Waals surface area contributed by atoms with Crippen LogP contribution in [-0.4, -0.2) is 135 Å². The number of allylic oxidation sites excluding steroid dienone is 2. The van der Waals surface area contributed by atoms with Gasteiger partial charge in [-0.05, 0) is 113 Å². The maximum absolute atomic E-state index is 14.2. The van der Waals surface area contributed by atoms with E-state index in [1.54, 1.807) is 12.0 Å². The van der Waals surface area contributed by atoms with Crippen molar-refractivity contribution in [1.29, 1.82) is 0 Å². The van der Waals surface area contributed by atoms with E-state index >= 15 is 0 Å². The molecule has 388 valence electrons. The number of hydrogen-bond acceptors (Lipinski definition) is 10. The summed E-state index contributed by atoms with van der Waals surface area (Å²) in [7, 11) is -2.17. The number of nitrogens with zero attached hydrogens (tertiary/aromatic N) is 2. The summed E-state index contributed by atoms with van der Waals surface area (Å²) in [6, 6.07) is 9.47. The van der Waals surface area contributed by atoms with Crippen LogP contribution >= 0.6 is 0 Å². The Bertz CT molecular complexity index is 1570. The van der Waals surface area contributed by atoms with E-state index in [9.17, 15) is 9.59 Å². The predicted octanol–water partition coefficient (Wildman–Crippen LogP) is 12.7. The van der Waals surface area contributed by atoms with E-state index in [2.05, 4.69) is 120 Å². The Morgan fingerprint density at radius 3 is 1.99 bits per heavy atom. The molecule has 3 heterocycles. The molecule has 2 fully saturated rings. The van der Waals surface area contributed by atoms with Crippen molar-refractivity contribution < 1.29 is 41.8 Å². The fourth-order valence-corrected chi connectivity index (χ4v) is 19.7. The Balaban J connectivity index is 2.03. The van der Waals surface area contributed by atoms with Crippen molar-refractivity contribution in [3.05, 3.63) is 36.0 Å². The van der Waals surface area contributed by atoms with Crippen LogP contribution in [0, 0.1) is 11.8 Å². The monoisotopic (exact) mass is 993 g/mol. The van der Waals surface area contributed by atoms with Gasteiger partial charge in [0.25, 0.3) is 0 Å². The van der Waals surface area contributed by atoms with Gasteiger partial charge >= 0.3 is 12.1 Å². The number of rotatable bonds is 25. The molecule has 0 spiro atoms. The number of esters is 1. The molecule has 6 unspecified atom stereocenters. The van der Waals surface area contributed by atoms with Gasteiger partial charge in [0.2, 0.25) is 0 Å². The number of carbonyl (C=O) groups excluding carboxylic acids is 2. The van der Waals surface area contributed by atoms with Crippen LogP contribution in [0.1, 0.15) is 136 Å². The Hall–Kier alpha value is -1.63. The Labute approximate surface area is 413 Å². The first-order chi connectivity index (χ1) is 31.7. The van der Waals surface area contributed by atoms with Crippen LogP contribution in [0.3, 0.4) is 0 Å². The molecule has 3 aliphatic rings. The van der Waals surface area contributed by atoms with Crippen molar-refractivity contribution in [3.8, 4) is 0 Å². The number of epoxide rings is 1. The molecule has 0 N–H and O–H groups in total. The minimum atomic E-state index is -2.11. The van der Waals surface area contributed by atoms with Gasteiger partial charge in [-0.1, -0.05) is 107 Å². The summed E-state index contributed by atoms with van der Waals surface area (Å²) in [6.07, 6.45) is 11.9. The van der Waals surface area contributed by atoms with Crippen molar-refractivity contribution in [2.24, 2.45) is 11.8 Å². The van der Waals surface area contributed by atoms with Crippen LogP contribution in [0.4, 0.5) is 4.79 Å². The lowest BCUT2D eigenvalue weighted by Crippen LogP contribution is -2.51. The van der Waals surface area contributed by atoms with E-state index in [0.29, 0.717) is 31.8 Å². The number of amides is 1. The van der Waals surface area contributed by atoms with Crippen LogP contribution in [-0.2, 0) is 37.0 Å². The SMILES string of the molecule is CC[C@H](O[Si](CC)(CC)CC)[C@@H](C)[C@H]1O[C@@H]1CC(C)(/C=C/C=C(\C)C1OC(=O)CC(O[Si](CC)(CC)CC)CCC(C)(OC)C(OC(=O)N2CCN(C)CC2)C=CC1C)O[Si](CC)(CC)CC. The number of likely N-dealkylation sites (N-methyl/N-ethyl adjacent to an activating group) is 1. The molecule has 10 atom stereocenters. The van der Waals surface area contributed by atoms with Crippen LogP contribution in [0.15, 0.2) is 36.0 Å². The third-order valence-corrected chi connectivity index (χ3v) is 30.9. The van der Waals surface area contributed by atoms with Gasteiger partial charge < -0.3 is 42.0 Å². The fourth-order valence-electron chi connectivity index (χ4n) is 10.7. The number of hydrogen-bond donors (Lipinski definition) is 0. The molecule has 3 rings (SSSR count). The smallest absolute Gasteiger partial charge is 0.410 e. The maximum atomic E-state index is 14.2. The number of methoxy groups -OCH3 is 1. The molecule has 0 radical (unpaired) electrons. The highest BCUT2D eigenvalue weighted by atomic mass is 28.4. The first-order valence-corrected chi connectivity index (χ1v) is 34.4. The van der Waals surface area contributed by atoms with E-state index in [-0.39, 0.29) is 48.8 Å². The molecule has 3 aliphatic heterocycles. The second-order valence-corrected chi connectivity index (χ2v) is 35.1. The lowest BCUT2D eigenvalue weighted by molar-refractivity contribution is -0.151. The summed E-state index contributed by atoms with van der Waals surface area (Å²) in [6.45, 7) is 36.1. The predicted molar refractivity (Wildman–Crippen MR) is 283 cm³/mol. The molecule has 67 heavy (non-hydrogen) atoms. The van der Waals surface area contributed by atoms with Gasteiger partial charge in [-0.25, -0.2) is 4.79 Å². The highest BCUT2D eigenvalue weighted by Crippen LogP contribution is 2.43. The summed E-state index contributed by atoms with van der Waals surface area (Å²) >= 11 is 0. The minimum absolute atomic E-state index is 0.0872. The van der Waals surface area contributed by atoms with Gasteiger partial charge in [0.05, 0.1) is 30.3 Å². The topological polar surface area (TPSA) is 109 Å². The molecule has 2 saturated heterocycles. The average Bonchev–Trinajstić information content (AvgIpc) is 4.10. The molecule has 0 aromatic heterocycles. The molecule has 0 aromatic rings. The Morgan fingerprint density at radius 1 is 0.896 bits per heavy atom. The standard InChI is InChI=1S/C53H100N2O9Si3/c1-18-45(63-66(22-5,23-6)24-7)43(13)50-46(59-50)40-52(14,64-67(25-8,26-9)27-10)33-28-29-41(11)49-42(12)30-31-47(60-51(57)55-37-35-54(16)36-38-55)53(15,58-17)34-32-44(39-48(56)61-49)62-65(19-2,20-3)21-4/h28-31,33,42-47,49-50H,18-27,32,34-40H2,1-17H3/b31-30?,33-28+,41-29+/t42?,43-,44?,45+,46-,47?,49?,50-,52?,53?/m1/s1. The maximum Gasteiger partial charge on any atom is 0.410 e. The lowest BCUT2D eigenvalue weighted by atomic mass is 9.88. The summed E-state index contributed by atoms with van der Waals surface area (Å²) in [5.74, 6) is -0.225. The van der Waals surface area contributed by atoms with Crippen molar-refractivity contribution in [2.75, 3.05) is 40.3 Å². The van der Waals surface area contributed by atoms with Crippen molar-refractivity contribution in [2.45, 2.75) is 238 Å². The Morgan fingerprint density at radius 2 is 1.46 bits per heavy atom. The van der Waals surface area contributed by atoms with Gasteiger partial charge in [-0.3, -0.25) is 4.79 Å². The Kier molecular flexibility index (Phi) is 24.3. The van der Waals surface area contributed by atoms with Crippen LogP contribution in [0.5, 0.6) is 0 Å². The lowest BCUT2D eigenvalue weighted by Gasteiger charge is -2.39. The third kappa shape index (κ3) is 16.5. The van der Waals surface area contributed by atoms with Gasteiger partial charge in [0, 0.05) is 57.6 Å². The highest BCUT2D eigenvalue weighted by molar-refractivity contribution is 6.74. The van der Waals surface area contributed by atoms with Gasteiger partial charge in [0.15, 0.2) is 31.1 Å². The second kappa shape index (κ2) is 27.3. The zero-order valence-electron chi connectivity index (χ0n) is 45.8. The first-order valence-electron chi connectivity index (χ1n) is 26.9. The number of carbonyl (C=O) groups is 2. The van der Waals surface area contributed by atoms with Gasteiger partial charge in [-0.15, -0.1) is 0 Å². The zero-order chi connectivity index (χ0) is 50.2. The van der Waals surface area contributed by atoms with Crippen LogP contribution in [0.2, 0.25) is 54.4 Å². The van der Waals surface area contributed by atoms with Crippen molar-refractivity contribution in [3.63, 3.8) is 0 Å². The number of piperazine rings is 1. The summed E-state index contributed by atoms with van der Waals surface area (Å²) in [5, 5.41) is 0. The highest BCUT2D eigenvalue weighted by Gasteiger charge is 2.51. The van der Waals surface area contributed by atoms with E-state index < -0.39 is 48.4 Å². The minimum Gasteiger partial charge on any atom is -0.457 e. The van der Waals surface area contributed by atoms with Crippen LogP contribution < -0.4 is 0 Å². The largest absolute Gasteiger partial charge is 0.457 e. The summed E-state index contributed by atoms with van der Waals surface area (Å²) in [4.78, 5) is 32.0. The quantitative estimate of drug-likeness (QED) is 0.0288. The molecule has 0 aromatic carbocycles. The molecule has 14 heteroatoms.